The van der Waals surface area contributed by atoms with Crippen LogP contribution in [-0.2, 0) is 9.59 Å². The highest BCUT2D eigenvalue weighted by Crippen LogP contribution is 2.41. The fourth-order valence-electron chi connectivity index (χ4n) is 7.16. The van der Waals surface area contributed by atoms with Crippen LogP contribution >= 0.6 is 11.8 Å². The van der Waals surface area contributed by atoms with Crippen molar-refractivity contribution >= 4 is 48.3 Å². The van der Waals surface area contributed by atoms with Crippen LogP contribution in [0.4, 0.5) is 5.69 Å². The molecular weight excluding hydrogens is 931 g/mol. The van der Waals surface area contributed by atoms with E-state index in [9.17, 15) is 4.79 Å². The molecule has 1 N–H and O–H groups in total. The van der Waals surface area contributed by atoms with Crippen LogP contribution in [0.25, 0.3) is 5.76 Å². The molecule has 0 bridgehead atoms. The first-order chi connectivity index (χ1) is 35.7. The summed E-state index contributed by atoms with van der Waals surface area (Å²) < 4.78 is 23.4. The number of nitrogens with one attached hydrogen (secondary N) is 1. The van der Waals surface area contributed by atoms with Gasteiger partial charge in [0, 0.05) is 21.6 Å². The summed E-state index contributed by atoms with van der Waals surface area (Å²) in [4.78, 5) is 29.6. The van der Waals surface area contributed by atoms with Crippen LogP contribution in [0, 0.1) is 0 Å². The van der Waals surface area contributed by atoms with Crippen LogP contribution in [0.15, 0.2) is 146 Å². The molecule has 0 amide bonds. The lowest BCUT2D eigenvalue weighted by molar-refractivity contribution is -0.106. The minimum Gasteiger partial charge on any atom is -0.496 e. The maximum absolute atomic E-state index is 10.4. The molecule has 0 saturated heterocycles. The second kappa shape index (κ2) is 45.5. The smallest absolute Gasteiger partial charge is 0.168 e. The molecule has 4 aromatic rings. The van der Waals surface area contributed by atoms with Crippen LogP contribution in [0.1, 0.15) is 159 Å². The molecule has 1 heterocycles. The average molecular weight is 1020 g/mol. The zero-order chi connectivity index (χ0) is 54.3. The number of anilines is 1. The van der Waals surface area contributed by atoms with E-state index in [-0.39, 0.29) is 5.50 Å². The van der Waals surface area contributed by atoms with E-state index in [1.165, 1.54) is 94.2 Å². The molecule has 1 aliphatic heterocycles. The molecule has 10 nitrogen and oxygen atoms in total. The predicted molar refractivity (Wildman–Crippen MR) is 312 cm³/mol. The number of fused-ring (bicyclic) bond motifs is 1. The average Bonchev–Trinajstić information content (AvgIpc) is 3.87. The number of benzene rings is 4. The molecule has 1 fully saturated rings. The number of carbonyl (C=O) groups is 3. The topological polar surface area (TPSA) is 116 Å². The number of allylic oxidation sites excluding steroid dienone is 2. The molecule has 11 heteroatoms. The number of hydrogen-bond acceptors (Lipinski definition) is 11. The Morgan fingerprint density at radius 1 is 0.740 bits per heavy atom. The van der Waals surface area contributed by atoms with Crippen molar-refractivity contribution in [2.45, 2.75) is 154 Å². The number of carbonyl (C=O) groups excluding carboxylic acids is 3. The number of para-hydroxylation sites is 1. The van der Waals surface area contributed by atoms with E-state index < -0.39 is 0 Å². The molecule has 73 heavy (non-hydrogen) atoms. The summed E-state index contributed by atoms with van der Waals surface area (Å²) in [5.74, 6) is 3.73. The van der Waals surface area contributed by atoms with Gasteiger partial charge >= 0.3 is 0 Å². The van der Waals surface area contributed by atoms with Gasteiger partial charge in [-0.3, -0.25) is 14.6 Å². The van der Waals surface area contributed by atoms with E-state index in [1.807, 2.05) is 93.3 Å². The lowest BCUT2D eigenvalue weighted by atomic mass is 9.95. The van der Waals surface area contributed by atoms with Crippen molar-refractivity contribution in [3.05, 3.63) is 153 Å². The minimum absolute atomic E-state index is 0.0509. The largest absolute Gasteiger partial charge is 0.496 e. The number of hydrazone groups is 1. The van der Waals surface area contributed by atoms with Crippen LogP contribution in [0.3, 0.4) is 0 Å². The number of unbranched alkanes of at least 4 members (excludes halogenated alkanes) is 8. The van der Waals surface area contributed by atoms with Crippen molar-refractivity contribution in [2.75, 3.05) is 25.6 Å². The number of thioether (sulfide) groups is 1. The molecule has 1 saturated carbocycles. The van der Waals surface area contributed by atoms with E-state index in [0.717, 1.165) is 79.8 Å². The summed E-state index contributed by atoms with van der Waals surface area (Å²) >= 11 is 1.83. The highest BCUT2D eigenvalue weighted by Gasteiger charge is 2.31. The molecule has 1 unspecified atom stereocenters. The second-order valence-electron chi connectivity index (χ2n) is 16.2. The Hall–Kier alpha value is -6.33. The third-order valence-corrected chi connectivity index (χ3v) is 11.9. The highest BCUT2D eigenvalue weighted by atomic mass is 32.2. The van der Waals surface area contributed by atoms with Gasteiger partial charge in [0.25, 0.3) is 0 Å². The van der Waals surface area contributed by atoms with E-state index in [2.05, 4.69) is 81.3 Å². The third-order valence-electron chi connectivity index (χ3n) is 10.7. The molecule has 6 rings (SSSR count). The van der Waals surface area contributed by atoms with Crippen LogP contribution < -0.4 is 24.3 Å². The molecule has 4 aromatic carbocycles. The summed E-state index contributed by atoms with van der Waals surface area (Å²) in [5, 5.41) is 11.0. The van der Waals surface area contributed by atoms with Gasteiger partial charge in [0.2, 0.25) is 0 Å². The number of aldehydes is 3. The van der Waals surface area contributed by atoms with Crippen molar-refractivity contribution in [1.29, 1.82) is 0 Å². The van der Waals surface area contributed by atoms with Gasteiger partial charge in [0.1, 0.15) is 47.6 Å². The number of methoxy groups -OCH3 is 1. The molecule has 400 valence electrons. The Bertz CT molecular complexity index is 2050. The Morgan fingerprint density at radius 2 is 1.25 bits per heavy atom. The molecule has 2 aliphatic rings. The zero-order valence-corrected chi connectivity index (χ0v) is 46.3. The fourth-order valence-corrected chi connectivity index (χ4v) is 8.33. The third kappa shape index (κ3) is 29.1. The van der Waals surface area contributed by atoms with Gasteiger partial charge < -0.3 is 29.1 Å². The summed E-state index contributed by atoms with van der Waals surface area (Å²) in [6.45, 7) is 30.0. The van der Waals surface area contributed by atoms with E-state index in [4.69, 9.17) is 33.6 Å². The van der Waals surface area contributed by atoms with Crippen molar-refractivity contribution in [3.8, 4) is 23.0 Å². The van der Waals surface area contributed by atoms with Crippen molar-refractivity contribution < 1.29 is 33.3 Å². The fraction of sp³-hybridized carbons (Fsp3) is 0.419. The molecule has 0 spiro atoms. The van der Waals surface area contributed by atoms with Gasteiger partial charge in [0.05, 0.1) is 38.3 Å². The summed E-state index contributed by atoms with van der Waals surface area (Å²) in [6, 6.07) is 29.8. The summed E-state index contributed by atoms with van der Waals surface area (Å²) in [5.41, 5.74) is 3.68. The highest BCUT2D eigenvalue weighted by molar-refractivity contribution is 8.00. The zero-order valence-electron chi connectivity index (χ0n) is 45.5. The quantitative estimate of drug-likeness (QED) is 0.0138. The van der Waals surface area contributed by atoms with Gasteiger partial charge in [-0.1, -0.05) is 141 Å². The van der Waals surface area contributed by atoms with Crippen molar-refractivity contribution in [2.24, 2.45) is 5.10 Å². The molecule has 0 radical (unpaired) electrons. The predicted octanol–water partition coefficient (Wildman–Crippen LogP) is 17.0. The number of rotatable bonds is 24. The second-order valence-corrected chi connectivity index (χ2v) is 17.3. The molecular formula is C62H89N3O7S. The van der Waals surface area contributed by atoms with E-state index in [0.29, 0.717) is 29.4 Å². The Morgan fingerprint density at radius 3 is 1.74 bits per heavy atom. The van der Waals surface area contributed by atoms with Gasteiger partial charge in [-0.25, -0.2) is 0 Å². The van der Waals surface area contributed by atoms with Gasteiger partial charge in [0.15, 0.2) is 5.50 Å². The maximum atomic E-state index is 10.4. The van der Waals surface area contributed by atoms with Crippen LogP contribution in [0.2, 0.25) is 0 Å². The van der Waals surface area contributed by atoms with E-state index in [1.54, 1.807) is 25.3 Å². The Kier molecular flexibility index (Phi) is 41.6. The monoisotopic (exact) mass is 1020 g/mol. The molecule has 1 atom stereocenters. The Balaban J connectivity index is 0.00000142. The van der Waals surface area contributed by atoms with Gasteiger partial charge in [-0.05, 0) is 124 Å². The van der Waals surface area contributed by atoms with Gasteiger partial charge in [-0.2, -0.15) is 5.10 Å². The first kappa shape index (κ1) is 66.7. The SMILES string of the molecule is C=C.C=C(Oc1ccc(OC)c(/C=N/N(C2CCCCC2)C2Nc3ccccc3S2)c1)c1ccc(OCCCCCCC)cc1.C=CC.C=CC=O.CC.CC=O.CCCCCCCOc1ccc(C=O)cc1. The van der Waals surface area contributed by atoms with Crippen LogP contribution in [-0.4, -0.2) is 61.9 Å². The number of ether oxygens (including phenoxy) is 4. The molecule has 1 aliphatic carbocycles. The standard InChI is InChI=1S/C36H45N3O3S.C14H20O2.C3H4O.C3H6.C2H4O.C2H6.C2H4/c1-4-5-6-7-13-24-41-31-20-18-28(19-21-31)27(2)42-32-22-23-34(40-3)29(25-32)26-37-39(30-14-9-8-10-15-30)36-38-33-16-11-12-17-35(33)43-36;1-2-3-4-5-6-11-16-14-9-7-13(12-15)8-10-14;1-2-3-4;1-3-2;1-2-3;2*1-2/h11-12,16-23,25-26,30,36,38H,2,4-10,13-15,24H2,1,3H3;7-10,12H,2-6,11H2,1H3;2-3H,1H2;3H,1H2,2H3;2H,1H3;1-2H3;1-2H2/b37-26+;;;;;;. The first-order valence-corrected chi connectivity index (χ1v) is 27.0. The summed E-state index contributed by atoms with van der Waals surface area (Å²) in [6.07, 6.45) is 25.5. The lowest BCUT2D eigenvalue weighted by Gasteiger charge is -2.35. The Labute approximate surface area is 445 Å². The van der Waals surface area contributed by atoms with E-state index >= 15 is 0 Å². The normalized spacial score (nSPS) is 12.7. The van der Waals surface area contributed by atoms with Gasteiger partial charge in [-0.15, -0.1) is 19.7 Å². The van der Waals surface area contributed by atoms with Crippen molar-refractivity contribution in [3.63, 3.8) is 0 Å². The summed E-state index contributed by atoms with van der Waals surface area (Å²) in [7, 11) is 1.69. The lowest BCUT2D eigenvalue weighted by Crippen LogP contribution is -2.41. The number of nitrogens with zero attached hydrogens (tertiary/aromatic N) is 2. The first-order valence-electron chi connectivity index (χ1n) is 26.1. The number of hydrogen-bond donors (Lipinski definition) is 1. The van der Waals surface area contributed by atoms with Crippen molar-refractivity contribution in [1.82, 2.24) is 5.01 Å². The minimum atomic E-state index is 0.0509. The van der Waals surface area contributed by atoms with Crippen LogP contribution in [0.5, 0.6) is 23.0 Å². The maximum Gasteiger partial charge on any atom is 0.168 e. The molecule has 0 aromatic heterocycles.